The summed E-state index contributed by atoms with van der Waals surface area (Å²) in [7, 11) is 1.66. The van der Waals surface area contributed by atoms with Crippen LogP contribution in [0.3, 0.4) is 0 Å². The number of rotatable bonds is 2. The van der Waals surface area contributed by atoms with Crippen LogP contribution in [0.5, 0.6) is 5.75 Å². The second-order valence-electron chi connectivity index (χ2n) is 4.12. The van der Waals surface area contributed by atoms with Crippen molar-refractivity contribution in [1.29, 1.82) is 0 Å². The van der Waals surface area contributed by atoms with Gasteiger partial charge in [-0.25, -0.2) is 4.98 Å². The summed E-state index contributed by atoms with van der Waals surface area (Å²) < 4.78 is 7.34. The summed E-state index contributed by atoms with van der Waals surface area (Å²) in [4.78, 5) is 8.68. The first kappa shape index (κ1) is 10.8. The molecule has 3 aromatic heterocycles. The number of pyridine rings is 2. The Morgan fingerprint density at radius 3 is 2.94 bits per heavy atom. The van der Waals surface area contributed by atoms with Gasteiger partial charge in [-0.1, -0.05) is 0 Å². The summed E-state index contributed by atoms with van der Waals surface area (Å²) >= 11 is 0. The second kappa shape index (κ2) is 4.14. The largest absolute Gasteiger partial charge is 0.494 e. The van der Waals surface area contributed by atoms with Gasteiger partial charge in [0.15, 0.2) is 0 Å². The van der Waals surface area contributed by atoms with Gasteiger partial charge in [-0.15, -0.1) is 0 Å². The van der Waals surface area contributed by atoms with Crippen molar-refractivity contribution in [3.63, 3.8) is 0 Å². The number of hydrogen-bond donors (Lipinski definition) is 0. The minimum atomic E-state index is 0.778. The van der Waals surface area contributed by atoms with Crippen LogP contribution < -0.4 is 4.74 Å². The summed E-state index contributed by atoms with van der Waals surface area (Å²) in [6, 6.07) is 5.83. The number of aromatic nitrogens is 3. The quantitative estimate of drug-likeness (QED) is 0.690. The fourth-order valence-electron chi connectivity index (χ4n) is 2.06. The smallest absolute Gasteiger partial charge is 0.145 e. The van der Waals surface area contributed by atoms with Crippen molar-refractivity contribution >= 4 is 5.65 Å². The molecule has 0 fully saturated rings. The van der Waals surface area contributed by atoms with Crippen LogP contribution in [0.4, 0.5) is 0 Å². The van der Waals surface area contributed by atoms with E-state index in [4.69, 9.17) is 4.74 Å². The van der Waals surface area contributed by atoms with Crippen LogP contribution in [0.1, 0.15) is 5.56 Å². The number of methoxy groups -OCH3 is 1. The Morgan fingerprint density at radius 1 is 1.22 bits per heavy atom. The number of imidazole rings is 1. The highest BCUT2D eigenvalue weighted by Crippen LogP contribution is 2.29. The lowest BCUT2D eigenvalue weighted by Crippen LogP contribution is -1.95. The first-order valence-corrected chi connectivity index (χ1v) is 5.72. The van der Waals surface area contributed by atoms with E-state index < -0.39 is 0 Å². The fourth-order valence-corrected chi connectivity index (χ4v) is 2.06. The Hall–Kier alpha value is -2.36. The first-order chi connectivity index (χ1) is 8.79. The zero-order valence-electron chi connectivity index (χ0n) is 10.3. The maximum atomic E-state index is 5.36. The highest BCUT2D eigenvalue weighted by atomic mass is 16.5. The van der Waals surface area contributed by atoms with Crippen molar-refractivity contribution in [2.45, 2.75) is 6.92 Å². The molecule has 0 aliphatic heterocycles. The summed E-state index contributed by atoms with van der Waals surface area (Å²) in [6.45, 7) is 2.05. The molecule has 0 saturated carbocycles. The molecule has 3 rings (SSSR count). The summed E-state index contributed by atoms with van der Waals surface area (Å²) in [5, 5.41) is 0. The van der Waals surface area contributed by atoms with E-state index in [0.29, 0.717) is 0 Å². The van der Waals surface area contributed by atoms with E-state index in [1.54, 1.807) is 19.5 Å². The first-order valence-electron chi connectivity index (χ1n) is 5.72. The van der Waals surface area contributed by atoms with Gasteiger partial charge in [0, 0.05) is 30.4 Å². The third kappa shape index (κ3) is 1.62. The molecule has 0 spiro atoms. The maximum absolute atomic E-state index is 5.36. The Bertz CT molecular complexity index is 703. The molecular formula is C14H13N3O. The molecule has 0 aliphatic rings. The third-order valence-corrected chi connectivity index (χ3v) is 2.98. The van der Waals surface area contributed by atoms with E-state index in [1.807, 2.05) is 35.0 Å². The van der Waals surface area contributed by atoms with Crippen molar-refractivity contribution in [3.05, 3.63) is 48.5 Å². The Balaban J connectivity index is 2.27. The molecule has 4 nitrogen and oxygen atoms in total. The second-order valence-corrected chi connectivity index (χ2v) is 4.12. The monoisotopic (exact) mass is 239 g/mol. The molecule has 3 aromatic rings. The van der Waals surface area contributed by atoms with Crippen LogP contribution in [0, 0.1) is 6.92 Å². The molecule has 4 heteroatoms. The predicted octanol–water partition coefficient (Wildman–Crippen LogP) is 2.71. The van der Waals surface area contributed by atoms with Gasteiger partial charge in [-0.05, 0) is 30.7 Å². The molecule has 90 valence electrons. The average molecular weight is 239 g/mol. The average Bonchev–Trinajstić information content (AvgIpc) is 2.84. The van der Waals surface area contributed by atoms with Gasteiger partial charge in [-0.2, -0.15) is 0 Å². The van der Waals surface area contributed by atoms with E-state index in [-0.39, 0.29) is 0 Å². The lowest BCUT2D eigenvalue weighted by atomic mass is 10.1. The van der Waals surface area contributed by atoms with Crippen LogP contribution in [0.25, 0.3) is 16.9 Å². The molecule has 18 heavy (non-hydrogen) atoms. The van der Waals surface area contributed by atoms with Gasteiger partial charge in [0.2, 0.25) is 0 Å². The minimum absolute atomic E-state index is 0.778. The molecule has 3 heterocycles. The topological polar surface area (TPSA) is 39.4 Å². The predicted molar refractivity (Wildman–Crippen MR) is 69.7 cm³/mol. The van der Waals surface area contributed by atoms with Gasteiger partial charge < -0.3 is 9.14 Å². The van der Waals surface area contributed by atoms with Crippen molar-refractivity contribution in [2.75, 3.05) is 7.11 Å². The summed E-state index contributed by atoms with van der Waals surface area (Å²) in [5.74, 6) is 0.778. The molecule has 0 amide bonds. The summed E-state index contributed by atoms with van der Waals surface area (Å²) in [5.41, 5.74) is 3.97. The molecule has 0 radical (unpaired) electrons. The molecule has 0 N–H and O–H groups in total. The number of hydrogen-bond acceptors (Lipinski definition) is 3. The number of aryl methyl sites for hydroxylation is 1. The number of fused-ring (bicyclic) bond motifs is 1. The molecule has 0 saturated heterocycles. The van der Waals surface area contributed by atoms with Gasteiger partial charge in [0.25, 0.3) is 0 Å². The minimum Gasteiger partial charge on any atom is -0.494 e. The lowest BCUT2D eigenvalue weighted by Gasteiger charge is -2.10. The molecule has 0 unspecified atom stereocenters. The Morgan fingerprint density at radius 2 is 2.11 bits per heavy atom. The maximum Gasteiger partial charge on any atom is 0.145 e. The standard InChI is InChI=1S/C14H13N3O/c1-10-8-13-15-6-7-17(13)9-11(10)14-12(18-2)4-3-5-16-14/h3-9H,1-2H3. The number of nitrogens with zero attached hydrogens (tertiary/aromatic N) is 3. The fraction of sp³-hybridized carbons (Fsp3) is 0.143. The van der Waals surface area contributed by atoms with Crippen molar-refractivity contribution in [1.82, 2.24) is 14.4 Å². The molecule has 0 aromatic carbocycles. The van der Waals surface area contributed by atoms with Gasteiger partial charge in [-0.3, -0.25) is 4.98 Å². The third-order valence-electron chi connectivity index (χ3n) is 2.98. The molecular weight excluding hydrogens is 226 g/mol. The van der Waals surface area contributed by atoms with E-state index in [2.05, 4.69) is 16.9 Å². The van der Waals surface area contributed by atoms with E-state index in [1.165, 1.54) is 0 Å². The van der Waals surface area contributed by atoms with E-state index in [9.17, 15) is 0 Å². The molecule has 0 atom stereocenters. The van der Waals surface area contributed by atoms with Gasteiger partial charge >= 0.3 is 0 Å². The van der Waals surface area contributed by atoms with Gasteiger partial charge in [0.1, 0.15) is 17.1 Å². The van der Waals surface area contributed by atoms with Crippen LogP contribution in [-0.4, -0.2) is 21.5 Å². The molecule has 0 bridgehead atoms. The highest BCUT2D eigenvalue weighted by molar-refractivity contribution is 5.70. The van der Waals surface area contributed by atoms with E-state index in [0.717, 1.165) is 28.2 Å². The summed E-state index contributed by atoms with van der Waals surface area (Å²) in [6.07, 6.45) is 7.51. The van der Waals surface area contributed by atoms with Crippen molar-refractivity contribution < 1.29 is 4.74 Å². The lowest BCUT2D eigenvalue weighted by molar-refractivity contribution is 0.415. The van der Waals surface area contributed by atoms with Crippen LogP contribution in [-0.2, 0) is 0 Å². The molecule has 0 aliphatic carbocycles. The zero-order chi connectivity index (χ0) is 12.5. The van der Waals surface area contributed by atoms with E-state index >= 15 is 0 Å². The SMILES string of the molecule is COc1cccnc1-c1cn2ccnc2cc1C. The Kier molecular flexibility index (Phi) is 2.48. The van der Waals surface area contributed by atoms with Crippen molar-refractivity contribution in [3.8, 4) is 17.0 Å². The van der Waals surface area contributed by atoms with Crippen LogP contribution in [0.15, 0.2) is 43.0 Å². The zero-order valence-corrected chi connectivity index (χ0v) is 10.3. The van der Waals surface area contributed by atoms with Crippen LogP contribution >= 0.6 is 0 Å². The van der Waals surface area contributed by atoms with Gasteiger partial charge in [0.05, 0.1) is 7.11 Å². The highest BCUT2D eigenvalue weighted by Gasteiger charge is 2.10. The number of ether oxygens (including phenoxy) is 1. The normalized spacial score (nSPS) is 10.8. The van der Waals surface area contributed by atoms with Crippen LogP contribution in [0.2, 0.25) is 0 Å². The Labute approximate surface area is 105 Å². The van der Waals surface area contributed by atoms with Crippen molar-refractivity contribution in [2.24, 2.45) is 0 Å².